The summed E-state index contributed by atoms with van der Waals surface area (Å²) in [6, 6.07) is 16.8. The molecule has 0 radical (unpaired) electrons. The van der Waals surface area contributed by atoms with Gasteiger partial charge in [0.15, 0.2) is 17.9 Å². The van der Waals surface area contributed by atoms with E-state index in [4.69, 9.17) is 29.9 Å². The van der Waals surface area contributed by atoms with Gasteiger partial charge in [0.25, 0.3) is 0 Å². The van der Waals surface area contributed by atoms with Crippen LogP contribution >= 0.6 is 0 Å². The largest absolute Gasteiger partial charge is 0.378 e. The summed E-state index contributed by atoms with van der Waals surface area (Å²) in [5, 5.41) is 3.27. The molecule has 1 aromatic heterocycles. The van der Waals surface area contributed by atoms with Crippen LogP contribution in [0, 0.1) is 0 Å². The molecule has 5 N–H and O–H groups in total. The highest BCUT2D eigenvalue weighted by molar-refractivity contribution is 5.75. The van der Waals surface area contributed by atoms with E-state index in [0.29, 0.717) is 32.3 Å². The Morgan fingerprint density at radius 3 is 2.39 bits per heavy atom. The second-order valence-corrected chi connectivity index (χ2v) is 9.07. The average Bonchev–Trinajstić information content (AvgIpc) is 3.33. The summed E-state index contributed by atoms with van der Waals surface area (Å²) in [7, 11) is 0. The van der Waals surface area contributed by atoms with Crippen molar-refractivity contribution < 1.29 is 14.2 Å². The molecule has 0 spiro atoms. The van der Waals surface area contributed by atoms with Crippen LogP contribution in [0.2, 0.25) is 0 Å². The maximum absolute atomic E-state index is 6.24. The fourth-order valence-electron chi connectivity index (χ4n) is 4.60. The SMILES string of the molecule is NC1NNc2c1nc(-c1ccc(-c3ccc(COC4CNCCO4)cc3)cc1)nc2N1CCOCC1. The highest BCUT2D eigenvalue weighted by Crippen LogP contribution is 2.35. The molecule has 2 aromatic carbocycles. The van der Waals surface area contributed by atoms with Crippen LogP contribution in [0.25, 0.3) is 22.5 Å². The van der Waals surface area contributed by atoms with Crippen molar-refractivity contribution in [3.05, 3.63) is 59.8 Å². The second-order valence-electron chi connectivity index (χ2n) is 9.07. The zero-order valence-electron chi connectivity index (χ0n) is 20.1. The molecule has 3 aromatic rings. The van der Waals surface area contributed by atoms with Gasteiger partial charge in [0.05, 0.1) is 26.4 Å². The number of nitrogens with zero attached hydrogens (tertiary/aromatic N) is 3. The first-order valence-corrected chi connectivity index (χ1v) is 12.4. The predicted octanol–water partition coefficient (Wildman–Crippen LogP) is 2.00. The summed E-state index contributed by atoms with van der Waals surface area (Å²) >= 11 is 0. The molecule has 2 atom stereocenters. The van der Waals surface area contributed by atoms with Crippen LogP contribution in [-0.4, -0.2) is 62.3 Å². The monoisotopic (exact) mass is 489 g/mol. The minimum atomic E-state index is -0.385. The molecule has 0 amide bonds. The van der Waals surface area contributed by atoms with E-state index in [1.807, 2.05) is 0 Å². The van der Waals surface area contributed by atoms with Crippen molar-refractivity contribution in [1.82, 2.24) is 20.7 Å². The van der Waals surface area contributed by atoms with Gasteiger partial charge in [-0.25, -0.2) is 15.4 Å². The Morgan fingerprint density at radius 2 is 1.67 bits per heavy atom. The molecule has 2 unspecified atom stereocenters. The molecule has 0 saturated carbocycles. The molecule has 0 aliphatic carbocycles. The number of hydrazine groups is 1. The zero-order valence-corrected chi connectivity index (χ0v) is 20.1. The number of hydrogen-bond acceptors (Lipinski definition) is 10. The first-order valence-electron chi connectivity index (χ1n) is 12.4. The quantitative estimate of drug-likeness (QED) is 0.409. The molecule has 4 heterocycles. The van der Waals surface area contributed by atoms with Crippen LogP contribution in [-0.2, 0) is 20.8 Å². The van der Waals surface area contributed by atoms with Crippen molar-refractivity contribution in [3.8, 4) is 22.5 Å². The Balaban J connectivity index is 1.19. The van der Waals surface area contributed by atoms with Gasteiger partial charge in [-0.15, -0.1) is 0 Å². The molecule has 36 heavy (non-hydrogen) atoms. The molecule has 6 rings (SSSR count). The number of benzene rings is 2. The summed E-state index contributed by atoms with van der Waals surface area (Å²) in [5.41, 5.74) is 18.4. The number of nitrogens with two attached hydrogens (primary N) is 1. The maximum atomic E-state index is 6.24. The molecular weight excluding hydrogens is 458 g/mol. The third-order valence-electron chi connectivity index (χ3n) is 6.64. The van der Waals surface area contributed by atoms with E-state index in [0.717, 1.165) is 65.6 Å². The molecule has 188 valence electrons. The van der Waals surface area contributed by atoms with E-state index in [1.165, 1.54) is 0 Å². The number of fused-ring (bicyclic) bond motifs is 1. The van der Waals surface area contributed by atoms with Crippen LogP contribution in [0.1, 0.15) is 17.4 Å². The number of rotatable bonds is 6. The molecule has 10 nitrogen and oxygen atoms in total. The number of aromatic nitrogens is 2. The lowest BCUT2D eigenvalue weighted by molar-refractivity contribution is -0.159. The molecule has 3 aliphatic rings. The van der Waals surface area contributed by atoms with E-state index in [2.05, 4.69) is 69.6 Å². The third kappa shape index (κ3) is 4.92. The van der Waals surface area contributed by atoms with Gasteiger partial charge in [0, 0.05) is 31.7 Å². The summed E-state index contributed by atoms with van der Waals surface area (Å²) in [5.74, 6) is 1.52. The van der Waals surface area contributed by atoms with Crippen molar-refractivity contribution in [1.29, 1.82) is 0 Å². The minimum Gasteiger partial charge on any atom is -0.378 e. The van der Waals surface area contributed by atoms with Crippen LogP contribution < -0.4 is 26.8 Å². The van der Waals surface area contributed by atoms with Crippen molar-refractivity contribution in [2.24, 2.45) is 5.73 Å². The first kappa shape index (κ1) is 23.3. The van der Waals surface area contributed by atoms with Gasteiger partial charge in [-0.05, 0) is 16.7 Å². The number of anilines is 2. The molecule has 3 aliphatic heterocycles. The molecule has 0 bridgehead atoms. The first-order chi connectivity index (χ1) is 17.7. The molecule has 10 heteroatoms. The highest BCUT2D eigenvalue weighted by atomic mass is 16.7. The summed E-state index contributed by atoms with van der Waals surface area (Å²) in [6.07, 6.45) is -0.568. The van der Waals surface area contributed by atoms with Gasteiger partial charge in [-0.1, -0.05) is 48.5 Å². The molecule has 2 saturated heterocycles. The minimum absolute atomic E-state index is 0.183. The van der Waals surface area contributed by atoms with E-state index in [-0.39, 0.29) is 12.5 Å². The summed E-state index contributed by atoms with van der Waals surface area (Å²) in [4.78, 5) is 11.9. The summed E-state index contributed by atoms with van der Waals surface area (Å²) in [6.45, 7) is 5.74. The number of morpholine rings is 2. The topological polar surface area (TPSA) is 119 Å². The zero-order chi connectivity index (χ0) is 24.3. The fraction of sp³-hybridized carbons (Fsp3) is 0.385. The van der Waals surface area contributed by atoms with Crippen molar-refractivity contribution in [3.63, 3.8) is 0 Å². The number of hydrogen-bond donors (Lipinski definition) is 4. The van der Waals surface area contributed by atoms with Crippen molar-refractivity contribution >= 4 is 11.5 Å². The Morgan fingerprint density at radius 1 is 0.944 bits per heavy atom. The van der Waals surface area contributed by atoms with Gasteiger partial charge in [0.1, 0.15) is 17.5 Å². The Labute approximate surface area is 210 Å². The van der Waals surface area contributed by atoms with Crippen molar-refractivity contribution in [2.75, 3.05) is 56.3 Å². The van der Waals surface area contributed by atoms with Crippen LogP contribution in [0.15, 0.2) is 48.5 Å². The van der Waals surface area contributed by atoms with Crippen molar-refractivity contribution in [2.45, 2.75) is 19.1 Å². The van der Waals surface area contributed by atoms with E-state index < -0.39 is 0 Å². The molecule has 2 fully saturated rings. The lowest BCUT2D eigenvalue weighted by Gasteiger charge is -2.29. The Hall–Kier alpha value is -3.12. The van der Waals surface area contributed by atoms with Crippen LogP contribution in [0.5, 0.6) is 0 Å². The normalized spacial score (nSPS) is 21.8. The van der Waals surface area contributed by atoms with Gasteiger partial charge >= 0.3 is 0 Å². The lowest BCUT2D eigenvalue weighted by atomic mass is 10.0. The Kier molecular flexibility index (Phi) is 6.77. The van der Waals surface area contributed by atoms with E-state index in [9.17, 15) is 0 Å². The summed E-state index contributed by atoms with van der Waals surface area (Å²) < 4.78 is 17.0. The van der Waals surface area contributed by atoms with E-state index in [1.54, 1.807) is 0 Å². The van der Waals surface area contributed by atoms with Crippen LogP contribution in [0.3, 0.4) is 0 Å². The van der Waals surface area contributed by atoms with Gasteiger partial charge < -0.3 is 35.6 Å². The highest BCUT2D eigenvalue weighted by Gasteiger charge is 2.28. The Bertz CT molecular complexity index is 1180. The van der Waals surface area contributed by atoms with Gasteiger partial charge in [-0.3, -0.25) is 0 Å². The lowest BCUT2D eigenvalue weighted by Crippen LogP contribution is -2.39. The van der Waals surface area contributed by atoms with E-state index >= 15 is 0 Å². The fourth-order valence-corrected chi connectivity index (χ4v) is 4.60. The van der Waals surface area contributed by atoms with Gasteiger partial charge in [-0.2, -0.15) is 0 Å². The smallest absolute Gasteiger partial charge is 0.170 e. The number of nitrogens with one attached hydrogen (secondary N) is 3. The molecular formula is C26H31N7O3. The van der Waals surface area contributed by atoms with Gasteiger partial charge in [0.2, 0.25) is 0 Å². The standard InChI is InChI=1S/C26H31N7O3/c27-24-22-23(31-32-24)26(33-10-13-34-14-11-33)30-25(29-22)20-7-5-19(6-8-20)18-3-1-17(2-4-18)16-36-21-15-28-9-12-35-21/h1-8,21,24,28,31-32H,9-16,27H2. The number of ether oxygens (including phenoxy) is 3. The second kappa shape index (κ2) is 10.5. The predicted molar refractivity (Wildman–Crippen MR) is 137 cm³/mol. The third-order valence-corrected chi connectivity index (χ3v) is 6.64. The maximum Gasteiger partial charge on any atom is 0.170 e. The average molecular weight is 490 g/mol. The van der Waals surface area contributed by atoms with Crippen LogP contribution in [0.4, 0.5) is 11.5 Å².